The van der Waals surface area contributed by atoms with Crippen LogP contribution >= 0.6 is 0 Å². The molecule has 1 aromatic heterocycles. The molecule has 0 aromatic carbocycles. The number of aryl methyl sites for hydroxylation is 2. The van der Waals surface area contributed by atoms with E-state index < -0.39 is 6.10 Å². The highest BCUT2D eigenvalue weighted by molar-refractivity contribution is 5.97. The van der Waals surface area contributed by atoms with Crippen LogP contribution in [0.1, 0.15) is 35.2 Å². The molecule has 0 aliphatic rings. The summed E-state index contributed by atoms with van der Waals surface area (Å²) in [5.74, 6) is 0.677. The lowest BCUT2D eigenvalue weighted by Gasteiger charge is -2.18. The van der Waals surface area contributed by atoms with Crippen LogP contribution in [0.2, 0.25) is 0 Å². The fourth-order valence-corrected chi connectivity index (χ4v) is 1.75. The summed E-state index contributed by atoms with van der Waals surface area (Å²) < 4.78 is 5.27. The van der Waals surface area contributed by atoms with Gasteiger partial charge in [-0.05, 0) is 33.3 Å². The van der Waals surface area contributed by atoms with Gasteiger partial charge in [-0.1, -0.05) is 0 Å². The summed E-state index contributed by atoms with van der Waals surface area (Å²) in [5, 5.41) is 11.7. The number of carbonyl (C=O) groups is 2. The van der Waals surface area contributed by atoms with E-state index in [0.29, 0.717) is 30.0 Å². The second kappa shape index (κ2) is 7.09. The van der Waals surface area contributed by atoms with Gasteiger partial charge in [0.1, 0.15) is 11.5 Å². The fraction of sp³-hybridized carbons (Fsp3) is 0.571. The van der Waals surface area contributed by atoms with Crippen LogP contribution < -0.4 is 5.32 Å². The lowest BCUT2D eigenvalue weighted by molar-refractivity contribution is -0.129. The monoisotopic (exact) mass is 282 g/mol. The number of nitrogens with one attached hydrogen (secondary N) is 1. The van der Waals surface area contributed by atoms with Gasteiger partial charge in [-0.2, -0.15) is 0 Å². The highest BCUT2D eigenvalue weighted by atomic mass is 16.3. The van der Waals surface area contributed by atoms with Crippen LogP contribution in [-0.2, 0) is 4.79 Å². The van der Waals surface area contributed by atoms with Gasteiger partial charge in [0.25, 0.3) is 5.91 Å². The van der Waals surface area contributed by atoms with E-state index in [-0.39, 0.29) is 18.4 Å². The van der Waals surface area contributed by atoms with E-state index >= 15 is 0 Å². The van der Waals surface area contributed by atoms with Gasteiger partial charge in [0.05, 0.1) is 18.2 Å². The van der Waals surface area contributed by atoms with Gasteiger partial charge in [0.15, 0.2) is 0 Å². The Morgan fingerprint density at radius 2 is 2.10 bits per heavy atom. The summed E-state index contributed by atoms with van der Waals surface area (Å²) in [6.07, 6.45) is 0.0624. The maximum absolute atomic E-state index is 11.9. The van der Waals surface area contributed by atoms with Crippen molar-refractivity contribution in [3.63, 3.8) is 0 Å². The number of hydrogen-bond donors (Lipinski definition) is 2. The third kappa shape index (κ3) is 4.70. The number of furan rings is 1. The smallest absolute Gasteiger partial charge is 0.255 e. The first-order chi connectivity index (χ1) is 9.31. The van der Waals surface area contributed by atoms with Crippen LogP contribution in [0.15, 0.2) is 10.5 Å². The summed E-state index contributed by atoms with van der Waals surface area (Å²) >= 11 is 0. The number of aliphatic hydroxyl groups excluding tert-OH is 1. The lowest BCUT2D eigenvalue weighted by Crippen LogP contribution is -2.39. The van der Waals surface area contributed by atoms with Gasteiger partial charge in [-0.25, -0.2) is 0 Å². The van der Waals surface area contributed by atoms with Crippen molar-refractivity contribution in [3.8, 4) is 0 Å². The number of hydrogen-bond acceptors (Lipinski definition) is 4. The van der Waals surface area contributed by atoms with Crippen molar-refractivity contribution in [1.29, 1.82) is 0 Å². The number of likely N-dealkylation sites (N-methyl/N-ethyl adjacent to an activating group) is 1. The zero-order valence-corrected chi connectivity index (χ0v) is 12.4. The van der Waals surface area contributed by atoms with Crippen molar-refractivity contribution in [2.45, 2.75) is 33.3 Å². The molecule has 0 saturated heterocycles. The molecule has 1 rings (SSSR count). The Kier molecular flexibility index (Phi) is 5.76. The van der Waals surface area contributed by atoms with Crippen LogP contribution in [0.5, 0.6) is 0 Å². The Bertz CT molecular complexity index is 480. The average Bonchev–Trinajstić information content (AvgIpc) is 2.71. The quantitative estimate of drug-likeness (QED) is 0.810. The van der Waals surface area contributed by atoms with E-state index in [1.165, 1.54) is 4.90 Å². The number of nitrogens with zero attached hydrogens (tertiary/aromatic N) is 1. The van der Waals surface area contributed by atoms with Gasteiger partial charge in [0.2, 0.25) is 5.91 Å². The molecule has 1 heterocycles. The Morgan fingerprint density at radius 1 is 1.45 bits per heavy atom. The van der Waals surface area contributed by atoms with Gasteiger partial charge >= 0.3 is 0 Å². The van der Waals surface area contributed by atoms with E-state index in [9.17, 15) is 9.59 Å². The molecule has 2 amide bonds. The number of carbonyl (C=O) groups excluding carboxylic acids is 2. The van der Waals surface area contributed by atoms with Crippen LogP contribution in [0.25, 0.3) is 0 Å². The molecule has 6 heteroatoms. The number of amides is 2. The maximum atomic E-state index is 11.9. The van der Waals surface area contributed by atoms with Crippen molar-refractivity contribution in [3.05, 3.63) is 23.2 Å². The van der Waals surface area contributed by atoms with Crippen LogP contribution in [-0.4, -0.2) is 48.1 Å². The predicted molar refractivity (Wildman–Crippen MR) is 74.5 cm³/mol. The summed E-state index contributed by atoms with van der Waals surface area (Å²) in [5.41, 5.74) is 0.446. The van der Waals surface area contributed by atoms with E-state index in [1.807, 2.05) is 0 Å². The SMILES string of the molecule is Cc1cc(C(=O)NCC(=O)N(C)CCC(C)O)c(C)o1. The fourth-order valence-electron chi connectivity index (χ4n) is 1.75. The maximum Gasteiger partial charge on any atom is 0.255 e. The molecule has 0 fully saturated rings. The molecule has 1 atom stereocenters. The molecule has 0 spiro atoms. The minimum Gasteiger partial charge on any atom is -0.466 e. The zero-order chi connectivity index (χ0) is 15.3. The van der Waals surface area contributed by atoms with Crippen LogP contribution in [0, 0.1) is 13.8 Å². The highest BCUT2D eigenvalue weighted by Gasteiger charge is 2.15. The lowest BCUT2D eigenvalue weighted by atomic mass is 10.2. The largest absolute Gasteiger partial charge is 0.466 e. The third-order valence-corrected chi connectivity index (χ3v) is 2.99. The topological polar surface area (TPSA) is 82.8 Å². The minimum absolute atomic E-state index is 0.0706. The Hall–Kier alpha value is -1.82. The first-order valence-electron chi connectivity index (χ1n) is 6.58. The summed E-state index contributed by atoms with van der Waals surface area (Å²) in [7, 11) is 1.64. The number of aliphatic hydroxyl groups is 1. The molecular formula is C14H22N2O4. The molecule has 6 nitrogen and oxygen atoms in total. The summed E-state index contributed by atoms with van der Waals surface area (Å²) in [6.45, 7) is 5.52. The molecular weight excluding hydrogens is 260 g/mol. The van der Waals surface area contributed by atoms with Gasteiger partial charge in [0, 0.05) is 13.6 Å². The van der Waals surface area contributed by atoms with Crippen molar-refractivity contribution in [2.24, 2.45) is 0 Å². The van der Waals surface area contributed by atoms with Gasteiger partial charge < -0.3 is 19.7 Å². The molecule has 1 aromatic rings. The Labute approximate surface area is 118 Å². The molecule has 0 radical (unpaired) electrons. The van der Waals surface area contributed by atoms with Crippen molar-refractivity contribution >= 4 is 11.8 Å². The van der Waals surface area contributed by atoms with Crippen LogP contribution in [0.3, 0.4) is 0 Å². The van der Waals surface area contributed by atoms with Crippen molar-refractivity contribution in [2.75, 3.05) is 20.1 Å². The standard InChI is InChI=1S/C14H22N2O4/c1-9(17)5-6-16(4)13(18)8-15-14(19)12-7-10(2)20-11(12)3/h7,9,17H,5-6,8H2,1-4H3,(H,15,19). The zero-order valence-electron chi connectivity index (χ0n) is 12.4. The molecule has 2 N–H and O–H groups in total. The Morgan fingerprint density at radius 3 is 2.60 bits per heavy atom. The number of rotatable bonds is 6. The van der Waals surface area contributed by atoms with E-state index in [1.54, 1.807) is 33.9 Å². The molecule has 0 aliphatic heterocycles. The van der Waals surface area contributed by atoms with Crippen molar-refractivity contribution < 1.29 is 19.1 Å². The Balaban J connectivity index is 2.44. The summed E-state index contributed by atoms with van der Waals surface area (Å²) in [6, 6.07) is 1.65. The minimum atomic E-state index is -0.448. The molecule has 0 saturated carbocycles. The molecule has 1 unspecified atom stereocenters. The second-order valence-corrected chi connectivity index (χ2v) is 4.96. The molecule has 0 aliphatic carbocycles. The van der Waals surface area contributed by atoms with E-state index in [4.69, 9.17) is 9.52 Å². The predicted octanol–water partition coefficient (Wildman–Crippen LogP) is 0.856. The first kappa shape index (κ1) is 16.2. The second-order valence-electron chi connectivity index (χ2n) is 4.96. The van der Waals surface area contributed by atoms with E-state index in [0.717, 1.165) is 0 Å². The van der Waals surface area contributed by atoms with Gasteiger partial charge in [-0.3, -0.25) is 9.59 Å². The highest BCUT2D eigenvalue weighted by Crippen LogP contribution is 2.13. The van der Waals surface area contributed by atoms with Crippen LogP contribution in [0.4, 0.5) is 0 Å². The summed E-state index contributed by atoms with van der Waals surface area (Å²) in [4.78, 5) is 25.2. The molecule has 0 bridgehead atoms. The van der Waals surface area contributed by atoms with E-state index in [2.05, 4.69) is 5.32 Å². The van der Waals surface area contributed by atoms with Crippen molar-refractivity contribution in [1.82, 2.24) is 10.2 Å². The molecule has 112 valence electrons. The normalized spacial score (nSPS) is 12.1. The first-order valence-corrected chi connectivity index (χ1v) is 6.58. The molecule has 20 heavy (non-hydrogen) atoms. The average molecular weight is 282 g/mol. The van der Waals surface area contributed by atoms with Gasteiger partial charge in [-0.15, -0.1) is 0 Å². The third-order valence-electron chi connectivity index (χ3n) is 2.99.